The third-order valence-corrected chi connectivity index (χ3v) is 2.98. The van der Waals surface area contributed by atoms with Gasteiger partial charge >= 0.3 is 5.97 Å². The molecule has 4 atom stereocenters. The van der Waals surface area contributed by atoms with Gasteiger partial charge in [-0.1, -0.05) is 19.8 Å². The van der Waals surface area contributed by atoms with Crippen LogP contribution in [0.3, 0.4) is 0 Å². The summed E-state index contributed by atoms with van der Waals surface area (Å²) in [7, 11) is 0. The largest absolute Gasteiger partial charge is 0.459 e. The standard InChI is InChI=1S/C10H16O4/c1-2-3-4-7-9-6(10(12)13-7)5-8(11)14-9/h6-7,9-10,12H,2-5H2,1H3/t6?,7-,9?,10+/m1/s1. The molecule has 4 heteroatoms. The maximum atomic E-state index is 11.0. The van der Waals surface area contributed by atoms with Crippen molar-refractivity contribution in [2.75, 3.05) is 0 Å². The molecule has 0 amide bonds. The van der Waals surface area contributed by atoms with Crippen molar-refractivity contribution in [3.63, 3.8) is 0 Å². The van der Waals surface area contributed by atoms with E-state index in [4.69, 9.17) is 9.47 Å². The number of aliphatic hydroxyl groups is 1. The molecule has 2 fully saturated rings. The lowest BCUT2D eigenvalue weighted by Crippen LogP contribution is -2.24. The number of hydrogen-bond acceptors (Lipinski definition) is 4. The second-order valence-electron chi connectivity index (χ2n) is 4.03. The first-order valence-electron chi connectivity index (χ1n) is 5.25. The number of esters is 1. The number of rotatable bonds is 3. The van der Waals surface area contributed by atoms with Gasteiger partial charge < -0.3 is 14.6 Å². The molecule has 2 saturated heterocycles. The second-order valence-corrected chi connectivity index (χ2v) is 4.03. The molecule has 1 N–H and O–H groups in total. The molecule has 2 aliphatic heterocycles. The van der Waals surface area contributed by atoms with E-state index in [1.807, 2.05) is 0 Å². The Balaban J connectivity index is 1.97. The maximum Gasteiger partial charge on any atom is 0.306 e. The van der Waals surface area contributed by atoms with Crippen LogP contribution in [0, 0.1) is 5.92 Å². The molecule has 0 bridgehead atoms. The predicted molar refractivity (Wildman–Crippen MR) is 48.4 cm³/mol. The summed E-state index contributed by atoms with van der Waals surface area (Å²) in [5.41, 5.74) is 0. The van der Waals surface area contributed by atoms with Crippen molar-refractivity contribution in [3.05, 3.63) is 0 Å². The van der Waals surface area contributed by atoms with Crippen LogP contribution in [-0.4, -0.2) is 29.6 Å². The fourth-order valence-corrected chi connectivity index (χ4v) is 2.21. The highest BCUT2D eigenvalue weighted by Gasteiger charge is 2.50. The van der Waals surface area contributed by atoms with Crippen LogP contribution < -0.4 is 0 Å². The van der Waals surface area contributed by atoms with Crippen LogP contribution >= 0.6 is 0 Å². The first-order valence-corrected chi connectivity index (χ1v) is 5.25. The van der Waals surface area contributed by atoms with Gasteiger partial charge in [0, 0.05) is 0 Å². The van der Waals surface area contributed by atoms with Crippen LogP contribution in [0.2, 0.25) is 0 Å². The van der Waals surface area contributed by atoms with E-state index in [9.17, 15) is 9.90 Å². The molecule has 0 radical (unpaired) electrons. The summed E-state index contributed by atoms with van der Waals surface area (Å²) < 4.78 is 10.5. The number of unbranched alkanes of at least 4 members (excludes halogenated alkanes) is 1. The van der Waals surface area contributed by atoms with Gasteiger partial charge in [-0.15, -0.1) is 0 Å². The van der Waals surface area contributed by atoms with Gasteiger partial charge in [0.25, 0.3) is 0 Å². The van der Waals surface area contributed by atoms with E-state index in [1.54, 1.807) is 0 Å². The lowest BCUT2D eigenvalue weighted by atomic mass is 9.97. The van der Waals surface area contributed by atoms with E-state index in [2.05, 4.69) is 6.92 Å². The Kier molecular flexibility index (Phi) is 2.74. The van der Waals surface area contributed by atoms with Crippen LogP contribution in [0.15, 0.2) is 0 Å². The fraction of sp³-hybridized carbons (Fsp3) is 0.900. The van der Waals surface area contributed by atoms with Gasteiger partial charge in [-0.25, -0.2) is 0 Å². The zero-order valence-corrected chi connectivity index (χ0v) is 8.31. The molecule has 2 unspecified atom stereocenters. The zero-order valence-electron chi connectivity index (χ0n) is 8.31. The Morgan fingerprint density at radius 3 is 3.07 bits per heavy atom. The molecule has 14 heavy (non-hydrogen) atoms. The molecule has 0 aromatic carbocycles. The summed E-state index contributed by atoms with van der Waals surface area (Å²) in [5.74, 6) is -0.340. The third-order valence-electron chi connectivity index (χ3n) is 2.98. The topological polar surface area (TPSA) is 55.8 Å². The smallest absolute Gasteiger partial charge is 0.306 e. The summed E-state index contributed by atoms with van der Waals surface area (Å²) >= 11 is 0. The highest BCUT2D eigenvalue weighted by molar-refractivity contribution is 5.72. The molecule has 0 saturated carbocycles. The molecule has 2 aliphatic rings. The lowest BCUT2D eigenvalue weighted by molar-refractivity contribution is -0.152. The molecule has 0 aromatic heterocycles. The normalized spacial score (nSPS) is 41.1. The van der Waals surface area contributed by atoms with Crippen molar-refractivity contribution in [1.29, 1.82) is 0 Å². The van der Waals surface area contributed by atoms with Gasteiger partial charge in [-0.2, -0.15) is 0 Å². The van der Waals surface area contributed by atoms with Gasteiger partial charge in [0.2, 0.25) is 0 Å². The molecule has 0 aromatic rings. The number of aliphatic hydroxyl groups excluding tert-OH is 1. The summed E-state index contributed by atoms with van der Waals surface area (Å²) in [6.07, 6.45) is 2.18. The van der Waals surface area contributed by atoms with Crippen LogP contribution in [0.1, 0.15) is 32.6 Å². The van der Waals surface area contributed by atoms with Gasteiger partial charge in [-0.05, 0) is 6.42 Å². The predicted octanol–water partition coefficient (Wildman–Crippen LogP) is 0.825. The van der Waals surface area contributed by atoms with E-state index < -0.39 is 6.29 Å². The van der Waals surface area contributed by atoms with E-state index in [-0.39, 0.29) is 24.1 Å². The molecule has 0 spiro atoms. The van der Waals surface area contributed by atoms with Crippen LogP contribution in [0.4, 0.5) is 0 Å². The molecular weight excluding hydrogens is 184 g/mol. The minimum absolute atomic E-state index is 0.0959. The first kappa shape index (κ1) is 9.93. The summed E-state index contributed by atoms with van der Waals surface area (Å²) in [6, 6.07) is 0. The minimum Gasteiger partial charge on any atom is -0.459 e. The highest BCUT2D eigenvalue weighted by Crippen LogP contribution is 2.37. The Morgan fingerprint density at radius 2 is 2.36 bits per heavy atom. The SMILES string of the molecule is CCCC[C@H]1O[C@H](O)C2CC(=O)OC21. The number of hydrogen-bond donors (Lipinski definition) is 1. The molecule has 2 heterocycles. The molecule has 2 rings (SSSR count). The summed E-state index contributed by atoms with van der Waals surface area (Å²) in [5, 5.41) is 9.53. The quantitative estimate of drug-likeness (QED) is 0.685. The maximum absolute atomic E-state index is 11.0. The number of carbonyl (C=O) groups excluding carboxylic acids is 1. The van der Waals surface area contributed by atoms with Gasteiger partial charge in [-0.3, -0.25) is 4.79 Å². The van der Waals surface area contributed by atoms with Gasteiger partial charge in [0.1, 0.15) is 6.10 Å². The molecule has 4 nitrogen and oxygen atoms in total. The van der Waals surface area contributed by atoms with Crippen molar-refractivity contribution < 1.29 is 19.4 Å². The second kappa shape index (κ2) is 3.87. The van der Waals surface area contributed by atoms with Crippen molar-refractivity contribution in [2.24, 2.45) is 5.92 Å². The third kappa shape index (κ3) is 1.64. The minimum atomic E-state index is -0.812. The number of carbonyl (C=O) groups is 1. The van der Waals surface area contributed by atoms with Crippen molar-refractivity contribution in [1.82, 2.24) is 0 Å². The van der Waals surface area contributed by atoms with Crippen molar-refractivity contribution in [2.45, 2.75) is 51.1 Å². The van der Waals surface area contributed by atoms with E-state index in [1.165, 1.54) is 0 Å². The van der Waals surface area contributed by atoms with E-state index in [0.29, 0.717) is 6.42 Å². The average Bonchev–Trinajstić information content (AvgIpc) is 2.64. The fourth-order valence-electron chi connectivity index (χ4n) is 2.21. The van der Waals surface area contributed by atoms with E-state index in [0.717, 1.165) is 19.3 Å². The summed E-state index contributed by atoms with van der Waals surface area (Å²) in [6.45, 7) is 2.10. The van der Waals surface area contributed by atoms with Crippen molar-refractivity contribution >= 4 is 5.97 Å². The van der Waals surface area contributed by atoms with Crippen LogP contribution in [0.25, 0.3) is 0 Å². The average molecular weight is 200 g/mol. The molecule has 0 aliphatic carbocycles. The first-order chi connectivity index (χ1) is 6.72. The molecule has 80 valence electrons. The Hall–Kier alpha value is -0.610. The highest BCUT2D eigenvalue weighted by atomic mass is 16.7. The monoisotopic (exact) mass is 200 g/mol. The van der Waals surface area contributed by atoms with Crippen LogP contribution in [-0.2, 0) is 14.3 Å². The number of ether oxygens (including phenoxy) is 2. The Bertz CT molecular complexity index is 228. The Labute approximate surface area is 83.2 Å². The van der Waals surface area contributed by atoms with Gasteiger partial charge in [0.15, 0.2) is 6.29 Å². The number of fused-ring (bicyclic) bond motifs is 1. The summed E-state index contributed by atoms with van der Waals surface area (Å²) in [4.78, 5) is 11.0. The zero-order chi connectivity index (χ0) is 10.1. The van der Waals surface area contributed by atoms with Crippen molar-refractivity contribution in [3.8, 4) is 0 Å². The van der Waals surface area contributed by atoms with E-state index >= 15 is 0 Å². The van der Waals surface area contributed by atoms with Crippen LogP contribution in [0.5, 0.6) is 0 Å². The molecular formula is C10H16O4. The lowest BCUT2D eigenvalue weighted by Gasteiger charge is -2.15. The van der Waals surface area contributed by atoms with Gasteiger partial charge in [0.05, 0.1) is 18.4 Å². The Morgan fingerprint density at radius 1 is 1.57 bits per heavy atom.